The number of carbonyl (C=O) groups is 1. The van der Waals surface area contributed by atoms with Gasteiger partial charge < -0.3 is 4.74 Å². The van der Waals surface area contributed by atoms with Crippen LogP contribution in [0.2, 0.25) is 5.02 Å². The van der Waals surface area contributed by atoms with Gasteiger partial charge in [0.25, 0.3) is 0 Å². The second-order valence-electron chi connectivity index (χ2n) is 4.36. The first kappa shape index (κ1) is 10.5. The second kappa shape index (κ2) is 3.53. The molecular weight excluding hydrogens is 212 g/mol. The number of ether oxygens (including phenoxy) is 1. The third-order valence-corrected chi connectivity index (χ3v) is 3.21. The Morgan fingerprint density at radius 2 is 2.07 bits per heavy atom. The van der Waals surface area contributed by atoms with E-state index >= 15 is 0 Å². The van der Waals surface area contributed by atoms with E-state index in [1.807, 2.05) is 38.1 Å². The quantitative estimate of drug-likeness (QED) is 0.685. The van der Waals surface area contributed by atoms with E-state index < -0.39 is 5.60 Å². The van der Waals surface area contributed by atoms with E-state index in [-0.39, 0.29) is 11.9 Å². The monoisotopic (exact) mass is 224 g/mol. The van der Waals surface area contributed by atoms with Crippen molar-refractivity contribution < 1.29 is 9.53 Å². The van der Waals surface area contributed by atoms with Crippen LogP contribution in [0.15, 0.2) is 24.3 Å². The van der Waals surface area contributed by atoms with Crippen molar-refractivity contribution in [1.29, 1.82) is 0 Å². The van der Waals surface area contributed by atoms with Crippen molar-refractivity contribution >= 4 is 17.6 Å². The van der Waals surface area contributed by atoms with Gasteiger partial charge in [-0.05, 0) is 25.5 Å². The number of rotatable bonds is 1. The van der Waals surface area contributed by atoms with E-state index in [0.29, 0.717) is 11.4 Å². The maximum absolute atomic E-state index is 11.3. The summed E-state index contributed by atoms with van der Waals surface area (Å²) in [5, 5.41) is 0.703. The van der Waals surface area contributed by atoms with Gasteiger partial charge in [-0.2, -0.15) is 0 Å². The Hall–Kier alpha value is -1.02. The van der Waals surface area contributed by atoms with Gasteiger partial charge in [0.15, 0.2) is 0 Å². The topological polar surface area (TPSA) is 26.3 Å². The summed E-state index contributed by atoms with van der Waals surface area (Å²) in [6, 6.07) is 7.61. The molecule has 1 aromatic carbocycles. The zero-order valence-corrected chi connectivity index (χ0v) is 9.54. The predicted molar refractivity (Wildman–Crippen MR) is 59.0 cm³/mol. The Balaban J connectivity index is 2.40. The molecule has 0 unspecified atom stereocenters. The maximum atomic E-state index is 11.3. The van der Waals surface area contributed by atoms with Gasteiger partial charge in [-0.1, -0.05) is 29.8 Å². The molecule has 1 aromatic rings. The molecule has 0 amide bonds. The van der Waals surface area contributed by atoms with Crippen LogP contribution in [0.5, 0.6) is 0 Å². The zero-order chi connectivity index (χ0) is 11.1. The molecule has 0 radical (unpaired) electrons. The fraction of sp³-hybridized carbons (Fsp3) is 0.417. The second-order valence-corrected chi connectivity index (χ2v) is 4.76. The fourth-order valence-corrected chi connectivity index (χ4v) is 2.33. The number of halogens is 1. The largest absolute Gasteiger partial charge is 0.459 e. The molecule has 0 spiro atoms. The smallest absolute Gasteiger partial charge is 0.307 e. The number of cyclic esters (lactones) is 1. The maximum Gasteiger partial charge on any atom is 0.307 e. The first-order valence-electron chi connectivity index (χ1n) is 4.97. The lowest BCUT2D eigenvalue weighted by Crippen LogP contribution is -2.26. The van der Waals surface area contributed by atoms with Crippen molar-refractivity contribution in [3.63, 3.8) is 0 Å². The Morgan fingerprint density at radius 3 is 2.60 bits per heavy atom. The zero-order valence-electron chi connectivity index (χ0n) is 8.79. The van der Waals surface area contributed by atoms with Crippen LogP contribution in [-0.2, 0) is 9.53 Å². The molecule has 1 saturated heterocycles. The highest BCUT2D eigenvalue weighted by molar-refractivity contribution is 6.31. The van der Waals surface area contributed by atoms with Crippen molar-refractivity contribution in [2.24, 2.45) is 0 Å². The summed E-state index contributed by atoms with van der Waals surface area (Å²) in [5.74, 6) is -0.0939. The number of hydrogen-bond donors (Lipinski definition) is 0. The molecule has 1 aliphatic heterocycles. The summed E-state index contributed by atoms with van der Waals surface area (Å²) >= 11 is 6.11. The van der Waals surface area contributed by atoms with E-state index in [0.717, 1.165) is 5.56 Å². The van der Waals surface area contributed by atoms with Crippen LogP contribution in [-0.4, -0.2) is 11.6 Å². The molecule has 2 nitrogen and oxygen atoms in total. The molecule has 2 rings (SSSR count). The third-order valence-electron chi connectivity index (χ3n) is 2.87. The van der Waals surface area contributed by atoms with E-state index in [1.165, 1.54) is 0 Å². The van der Waals surface area contributed by atoms with Crippen molar-refractivity contribution in [3.8, 4) is 0 Å². The van der Waals surface area contributed by atoms with Crippen LogP contribution in [0.3, 0.4) is 0 Å². The van der Waals surface area contributed by atoms with E-state index in [1.54, 1.807) is 0 Å². The lowest BCUT2D eigenvalue weighted by Gasteiger charge is -2.25. The predicted octanol–water partition coefficient (Wildman–Crippen LogP) is 3.15. The molecule has 15 heavy (non-hydrogen) atoms. The van der Waals surface area contributed by atoms with Gasteiger partial charge in [-0.15, -0.1) is 0 Å². The molecule has 0 N–H and O–H groups in total. The first-order chi connectivity index (χ1) is 7.00. The number of hydrogen-bond acceptors (Lipinski definition) is 2. The molecule has 0 aromatic heterocycles. The number of benzene rings is 1. The van der Waals surface area contributed by atoms with Gasteiger partial charge in [0.2, 0.25) is 0 Å². The minimum absolute atomic E-state index is 0.0544. The molecule has 0 saturated carbocycles. The molecule has 1 heterocycles. The fourth-order valence-electron chi connectivity index (χ4n) is 2.06. The van der Waals surface area contributed by atoms with Crippen LogP contribution < -0.4 is 0 Å². The van der Waals surface area contributed by atoms with Crippen molar-refractivity contribution in [3.05, 3.63) is 34.9 Å². The van der Waals surface area contributed by atoms with Crippen molar-refractivity contribution in [2.75, 3.05) is 0 Å². The van der Waals surface area contributed by atoms with E-state index in [9.17, 15) is 4.79 Å². The Kier molecular flexibility index (Phi) is 2.47. The van der Waals surface area contributed by atoms with Crippen molar-refractivity contribution in [2.45, 2.75) is 31.8 Å². The Morgan fingerprint density at radius 1 is 1.40 bits per heavy atom. The van der Waals surface area contributed by atoms with Crippen LogP contribution in [0.25, 0.3) is 0 Å². The molecule has 0 aliphatic carbocycles. The SMILES string of the molecule is CC1(C)OC(=O)C[C@H]1c1ccccc1Cl. The summed E-state index contributed by atoms with van der Waals surface area (Å²) in [6.45, 7) is 3.85. The summed E-state index contributed by atoms with van der Waals surface area (Å²) in [4.78, 5) is 11.3. The summed E-state index contributed by atoms with van der Waals surface area (Å²) in [5.41, 5.74) is 0.539. The average Bonchev–Trinajstić information content (AvgIpc) is 2.40. The van der Waals surface area contributed by atoms with Gasteiger partial charge >= 0.3 is 5.97 Å². The highest BCUT2D eigenvalue weighted by Gasteiger charge is 2.43. The molecule has 1 atom stereocenters. The normalized spacial score (nSPS) is 23.9. The Bertz CT molecular complexity index is 398. The molecule has 0 bridgehead atoms. The number of esters is 1. The van der Waals surface area contributed by atoms with Gasteiger partial charge in [-0.3, -0.25) is 4.79 Å². The lowest BCUT2D eigenvalue weighted by atomic mass is 9.84. The highest BCUT2D eigenvalue weighted by atomic mass is 35.5. The number of carbonyl (C=O) groups excluding carboxylic acids is 1. The van der Waals surface area contributed by atoms with Gasteiger partial charge in [0.05, 0.1) is 6.42 Å². The summed E-state index contributed by atoms with van der Waals surface area (Å²) in [6.07, 6.45) is 0.413. The third kappa shape index (κ3) is 1.86. The molecule has 1 fully saturated rings. The van der Waals surface area contributed by atoms with Crippen molar-refractivity contribution in [1.82, 2.24) is 0 Å². The lowest BCUT2D eigenvalue weighted by molar-refractivity contribution is -0.146. The summed E-state index contributed by atoms with van der Waals surface area (Å²) in [7, 11) is 0. The standard InChI is InChI=1S/C12H13ClO2/c1-12(2)9(7-11(14)15-12)8-5-3-4-6-10(8)13/h3-6,9H,7H2,1-2H3/t9-/m0/s1. The highest BCUT2D eigenvalue weighted by Crippen LogP contribution is 2.42. The first-order valence-corrected chi connectivity index (χ1v) is 5.35. The molecular formula is C12H13ClO2. The minimum atomic E-state index is -0.456. The van der Waals surface area contributed by atoms with Crippen LogP contribution in [0.1, 0.15) is 31.7 Å². The average molecular weight is 225 g/mol. The van der Waals surface area contributed by atoms with Crippen LogP contribution in [0, 0.1) is 0 Å². The molecule has 3 heteroatoms. The van der Waals surface area contributed by atoms with Crippen LogP contribution >= 0.6 is 11.6 Å². The van der Waals surface area contributed by atoms with E-state index in [2.05, 4.69) is 0 Å². The van der Waals surface area contributed by atoms with Crippen LogP contribution in [0.4, 0.5) is 0 Å². The molecule has 80 valence electrons. The minimum Gasteiger partial charge on any atom is -0.459 e. The summed E-state index contributed by atoms with van der Waals surface area (Å²) < 4.78 is 5.27. The Labute approximate surface area is 94.2 Å². The van der Waals surface area contributed by atoms with E-state index in [4.69, 9.17) is 16.3 Å². The van der Waals surface area contributed by atoms with Gasteiger partial charge in [-0.25, -0.2) is 0 Å². The molecule has 1 aliphatic rings. The van der Waals surface area contributed by atoms with Gasteiger partial charge in [0.1, 0.15) is 5.60 Å². The van der Waals surface area contributed by atoms with Gasteiger partial charge in [0, 0.05) is 10.9 Å².